The van der Waals surface area contributed by atoms with Crippen LogP contribution in [0.5, 0.6) is 0 Å². The minimum Gasteiger partial charge on any atom is -0.381 e. The lowest BCUT2D eigenvalue weighted by atomic mass is 10.1. The van der Waals surface area contributed by atoms with E-state index in [0.29, 0.717) is 53.4 Å². The molecular weight excluding hydrogens is 520 g/mol. The second-order valence-electron chi connectivity index (χ2n) is 9.68. The summed E-state index contributed by atoms with van der Waals surface area (Å²) >= 11 is 0. The van der Waals surface area contributed by atoms with Crippen LogP contribution >= 0.6 is 0 Å². The molecule has 11 heteroatoms. The number of nitrogen functional groups attached to an aromatic ring is 1. The van der Waals surface area contributed by atoms with E-state index in [1.165, 1.54) is 9.08 Å². The van der Waals surface area contributed by atoms with Gasteiger partial charge < -0.3 is 15.8 Å². The Morgan fingerprint density at radius 2 is 1.93 bits per heavy atom. The molecule has 4 heterocycles. The van der Waals surface area contributed by atoms with Crippen molar-refractivity contribution in [1.82, 2.24) is 34.4 Å². The Labute approximate surface area is 235 Å². The molecule has 3 aromatic heterocycles. The van der Waals surface area contributed by atoms with Gasteiger partial charge in [-0.25, -0.2) is 14.5 Å². The van der Waals surface area contributed by atoms with Crippen LogP contribution < -0.4 is 16.6 Å². The fraction of sp³-hybridized carbons (Fsp3) is 0.233. The molecule has 1 aliphatic rings. The predicted octanol–water partition coefficient (Wildman–Crippen LogP) is 2.19. The quantitative estimate of drug-likeness (QED) is 0.320. The van der Waals surface area contributed by atoms with Crippen LogP contribution in [-0.2, 0) is 4.74 Å². The van der Waals surface area contributed by atoms with E-state index in [-0.39, 0.29) is 16.9 Å². The fourth-order valence-electron chi connectivity index (χ4n) is 4.93. The molecule has 6 rings (SSSR count). The first-order valence-corrected chi connectivity index (χ1v) is 13.3. The number of morpholine rings is 1. The number of benzene rings is 2. The predicted molar refractivity (Wildman–Crippen MR) is 155 cm³/mol. The molecular formula is C30H28N8O3. The second kappa shape index (κ2) is 11.2. The SMILES string of the molecule is C[C@@H](NC(=O)c1c(N)nn2cccnc12)c1nc2cccc(C#CCN3CCOCC3)c2c(=O)n1-c1ccccc1. The van der Waals surface area contributed by atoms with Gasteiger partial charge in [0, 0.05) is 31.0 Å². The molecule has 0 unspecified atom stereocenters. The Hall–Kier alpha value is -5.05. The van der Waals surface area contributed by atoms with Gasteiger partial charge in [-0.1, -0.05) is 36.1 Å². The van der Waals surface area contributed by atoms with Crippen LogP contribution in [0.3, 0.4) is 0 Å². The van der Waals surface area contributed by atoms with E-state index in [1.54, 1.807) is 31.5 Å². The average Bonchev–Trinajstić information content (AvgIpc) is 3.33. The smallest absolute Gasteiger partial charge is 0.267 e. The maximum Gasteiger partial charge on any atom is 0.267 e. The first-order valence-electron chi connectivity index (χ1n) is 13.3. The van der Waals surface area contributed by atoms with E-state index in [9.17, 15) is 9.59 Å². The van der Waals surface area contributed by atoms with Crippen molar-refractivity contribution in [2.75, 3.05) is 38.6 Å². The number of anilines is 1. The summed E-state index contributed by atoms with van der Waals surface area (Å²) in [6.45, 7) is 5.40. The summed E-state index contributed by atoms with van der Waals surface area (Å²) in [5.41, 5.74) is 8.01. The molecule has 2 aromatic carbocycles. The summed E-state index contributed by atoms with van der Waals surface area (Å²) in [5, 5.41) is 7.54. The maximum absolute atomic E-state index is 14.2. The highest BCUT2D eigenvalue weighted by Crippen LogP contribution is 2.22. The Morgan fingerprint density at radius 1 is 1.12 bits per heavy atom. The molecule has 206 valence electrons. The molecule has 3 N–H and O–H groups in total. The number of hydrogen-bond donors (Lipinski definition) is 2. The largest absolute Gasteiger partial charge is 0.381 e. The zero-order valence-electron chi connectivity index (χ0n) is 22.4. The Balaban J connectivity index is 1.41. The number of hydrogen-bond acceptors (Lipinski definition) is 8. The van der Waals surface area contributed by atoms with E-state index >= 15 is 0 Å². The first-order chi connectivity index (χ1) is 20.0. The lowest BCUT2D eigenvalue weighted by Gasteiger charge is -2.24. The Bertz CT molecular complexity index is 1860. The van der Waals surface area contributed by atoms with Crippen LogP contribution in [-0.4, -0.2) is 67.8 Å². The van der Waals surface area contributed by atoms with Crippen molar-refractivity contribution < 1.29 is 9.53 Å². The van der Waals surface area contributed by atoms with E-state index in [4.69, 9.17) is 15.5 Å². The highest BCUT2D eigenvalue weighted by Gasteiger charge is 2.25. The molecule has 1 aliphatic heterocycles. The average molecular weight is 549 g/mol. The molecule has 1 fully saturated rings. The number of ether oxygens (including phenoxy) is 1. The van der Waals surface area contributed by atoms with Crippen molar-refractivity contribution in [3.8, 4) is 17.5 Å². The van der Waals surface area contributed by atoms with Crippen LogP contribution in [0.25, 0.3) is 22.2 Å². The van der Waals surface area contributed by atoms with Gasteiger partial charge in [0.2, 0.25) is 0 Å². The Morgan fingerprint density at radius 3 is 2.73 bits per heavy atom. The third-order valence-electron chi connectivity index (χ3n) is 6.95. The van der Waals surface area contributed by atoms with Crippen molar-refractivity contribution in [1.29, 1.82) is 0 Å². The van der Waals surface area contributed by atoms with Gasteiger partial charge in [0.15, 0.2) is 11.5 Å². The standard InChI is InChI=1S/C30H28N8O3/c1-20(33-29(39)25-26(31)35-37-15-7-13-32-28(25)37)27-34-23-12-5-8-21(9-6-14-36-16-18-41-19-17-36)24(23)30(40)38(27)22-10-3-2-4-11-22/h2-5,7-8,10-13,15,20H,14,16-19H2,1H3,(H2,31,35)(H,33,39)/t20-/m1/s1. The van der Waals surface area contributed by atoms with Gasteiger partial charge in [-0.2, -0.15) is 0 Å². The van der Waals surface area contributed by atoms with E-state index < -0.39 is 11.9 Å². The molecule has 0 saturated carbocycles. The third kappa shape index (κ3) is 5.14. The van der Waals surface area contributed by atoms with Gasteiger partial charge in [0.25, 0.3) is 11.5 Å². The highest BCUT2D eigenvalue weighted by molar-refractivity contribution is 6.04. The molecule has 5 aromatic rings. The monoisotopic (exact) mass is 548 g/mol. The van der Waals surface area contributed by atoms with Crippen molar-refractivity contribution in [3.05, 3.63) is 94.3 Å². The first kappa shape index (κ1) is 26.2. The van der Waals surface area contributed by atoms with Crippen molar-refractivity contribution in [3.63, 3.8) is 0 Å². The summed E-state index contributed by atoms with van der Waals surface area (Å²) in [4.78, 5) is 38.9. The third-order valence-corrected chi connectivity index (χ3v) is 6.95. The number of para-hydroxylation sites is 1. The minimum atomic E-state index is -0.672. The zero-order chi connectivity index (χ0) is 28.3. The molecule has 1 atom stereocenters. The van der Waals surface area contributed by atoms with Gasteiger partial charge in [-0.3, -0.25) is 19.1 Å². The number of fused-ring (bicyclic) bond motifs is 2. The van der Waals surface area contributed by atoms with Crippen LogP contribution in [0.4, 0.5) is 5.82 Å². The van der Waals surface area contributed by atoms with Crippen molar-refractivity contribution in [2.24, 2.45) is 0 Å². The van der Waals surface area contributed by atoms with Crippen LogP contribution in [0.1, 0.15) is 34.7 Å². The lowest BCUT2D eigenvalue weighted by Crippen LogP contribution is -2.36. The van der Waals surface area contributed by atoms with Crippen LogP contribution in [0.15, 0.2) is 71.8 Å². The molecule has 1 amide bonds. The maximum atomic E-state index is 14.2. The summed E-state index contributed by atoms with van der Waals surface area (Å²) in [6, 6.07) is 15.7. The number of nitrogens with zero attached hydrogens (tertiary/aromatic N) is 6. The van der Waals surface area contributed by atoms with Gasteiger partial charge >= 0.3 is 0 Å². The topological polar surface area (TPSA) is 133 Å². The second-order valence-corrected chi connectivity index (χ2v) is 9.68. The molecule has 0 aliphatic carbocycles. The minimum absolute atomic E-state index is 0.0561. The van der Waals surface area contributed by atoms with Gasteiger partial charge in [-0.15, -0.1) is 5.10 Å². The molecule has 11 nitrogen and oxygen atoms in total. The number of amides is 1. The Kier molecular flexibility index (Phi) is 7.16. The van der Waals surface area contributed by atoms with Crippen molar-refractivity contribution in [2.45, 2.75) is 13.0 Å². The van der Waals surface area contributed by atoms with E-state index in [2.05, 4.69) is 32.1 Å². The number of carbonyl (C=O) groups excluding carboxylic acids is 1. The fourth-order valence-corrected chi connectivity index (χ4v) is 4.93. The molecule has 0 radical (unpaired) electrons. The van der Waals surface area contributed by atoms with E-state index in [0.717, 1.165) is 13.1 Å². The summed E-state index contributed by atoms with van der Waals surface area (Å²) < 4.78 is 8.39. The van der Waals surface area contributed by atoms with Crippen LogP contribution in [0, 0.1) is 11.8 Å². The normalized spacial score (nSPS) is 14.5. The summed E-state index contributed by atoms with van der Waals surface area (Å²) in [6.07, 6.45) is 3.23. The van der Waals surface area contributed by atoms with Gasteiger partial charge in [-0.05, 0) is 37.3 Å². The molecule has 1 saturated heterocycles. The van der Waals surface area contributed by atoms with E-state index in [1.807, 2.05) is 42.5 Å². The number of rotatable bonds is 5. The van der Waals surface area contributed by atoms with Crippen LogP contribution in [0.2, 0.25) is 0 Å². The molecule has 41 heavy (non-hydrogen) atoms. The molecule has 0 spiro atoms. The molecule has 0 bridgehead atoms. The highest BCUT2D eigenvalue weighted by atomic mass is 16.5. The number of aromatic nitrogens is 5. The van der Waals surface area contributed by atoms with Crippen molar-refractivity contribution >= 4 is 28.3 Å². The summed E-state index contributed by atoms with van der Waals surface area (Å²) in [7, 11) is 0. The van der Waals surface area contributed by atoms with Gasteiger partial charge in [0.1, 0.15) is 11.4 Å². The summed E-state index contributed by atoms with van der Waals surface area (Å²) in [5.74, 6) is 6.35. The number of carbonyl (C=O) groups is 1. The van der Waals surface area contributed by atoms with Gasteiger partial charge in [0.05, 0.1) is 42.4 Å². The zero-order valence-corrected chi connectivity index (χ0v) is 22.4. The lowest BCUT2D eigenvalue weighted by molar-refractivity contribution is 0.0443. The number of nitrogens with two attached hydrogens (primary N) is 1. The number of nitrogens with one attached hydrogen (secondary N) is 1.